The molecule has 0 saturated carbocycles. The molecule has 0 fully saturated rings. The third-order valence-electron chi connectivity index (χ3n) is 1.89. The van der Waals surface area contributed by atoms with E-state index < -0.39 is 23.5 Å². The summed E-state index contributed by atoms with van der Waals surface area (Å²) in [5, 5.41) is 0.0766. The summed E-state index contributed by atoms with van der Waals surface area (Å²) < 4.78 is 29.1. The highest BCUT2D eigenvalue weighted by Crippen LogP contribution is 2.17. The molecule has 0 aliphatic carbocycles. The lowest BCUT2D eigenvalue weighted by atomic mass is 10.2. The number of hydrogen-bond donors (Lipinski definition) is 1. The summed E-state index contributed by atoms with van der Waals surface area (Å²) in [7, 11) is 1.11. The van der Waals surface area contributed by atoms with Crippen molar-refractivity contribution in [1.29, 1.82) is 0 Å². The van der Waals surface area contributed by atoms with Crippen LogP contribution in [0.1, 0.15) is 28.2 Å². The zero-order valence-electron chi connectivity index (χ0n) is 8.22. The van der Waals surface area contributed by atoms with Crippen molar-refractivity contribution in [2.45, 2.75) is 11.8 Å². The van der Waals surface area contributed by atoms with Gasteiger partial charge in [-0.2, -0.15) is 0 Å². The molecule has 88 valence electrons. The minimum Gasteiger partial charge on any atom is -0.465 e. The lowest BCUT2D eigenvalue weighted by Crippen LogP contribution is -2.21. The number of ether oxygens (including phenoxy) is 1. The van der Waals surface area contributed by atoms with Crippen molar-refractivity contribution in [2.75, 3.05) is 7.11 Å². The van der Waals surface area contributed by atoms with E-state index in [1.165, 1.54) is 0 Å². The predicted octanol–water partition coefficient (Wildman–Crippen LogP) is 1.99. The van der Waals surface area contributed by atoms with E-state index in [0.29, 0.717) is 6.07 Å². The van der Waals surface area contributed by atoms with Gasteiger partial charge in [-0.1, -0.05) is 15.9 Å². The molecule has 16 heavy (non-hydrogen) atoms. The highest BCUT2D eigenvalue weighted by atomic mass is 79.9. The Balaban J connectivity index is 3.40. The van der Waals surface area contributed by atoms with Crippen LogP contribution in [0.15, 0.2) is 10.9 Å². The van der Waals surface area contributed by atoms with Crippen molar-refractivity contribution in [3.05, 3.63) is 33.2 Å². The molecule has 1 aromatic heterocycles. The Hall–Kier alpha value is -1.24. The van der Waals surface area contributed by atoms with Crippen LogP contribution in [0.25, 0.3) is 0 Å². The molecule has 1 rings (SSSR count). The molecule has 0 unspecified atom stereocenters. The number of rotatable bonds is 3. The van der Waals surface area contributed by atoms with Crippen molar-refractivity contribution in [3.8, 4) is 0 Å². The first-order valence-electron chi connectivity index (χ1n) is 4.19. The second-order valence-electron chi connectivity index (χ2n) is 2.87. The van der Waals surface area contributed by atoms with Gasteiger partial charge in [0, 0.05) is 17.1 Å². The molecule has 0 aromatic carbocycles. The zero-order valence-corrected chi connectivity index (χ0v) is 9.81. The molecular weight excluding hydrogens is 288 g/mol. The number of carbonyl (C=O) groups is 1. The van der Waals surface area contributed by atoms with Gasteiger partial charge in [-0.15, -0.1) is 0 Å². The van der Waals surface area contributed by atoms with Gasteiger partial charge < -0.3 is 9.72 Å². The van der Waals surface area contributed by atoms with Gasteiger partial charge in [0.2, 0.25) is 0 Å². The average molecular weight is 296 g/mol. The zero-order chi connectivity index (χ0) is 12.3. The summed E-state index contributed by atoms with van der Waals surface area (Å²) in [6.45, 7) is 0. The van der Waals surface area contributed by atoms with Gasteiger partial charge in [-0.05, 0) is 0 Å². The fourth-order valence-corrected chi connectivity index (χ4v) is 1.60. The fourth-order valence-electron chi connectivity index (χ4n) is 1.18. The van der Waals surface area contributed by atoms with Gasteiger partial charge in [0.1, 0.15) is 5.56 Å². The predicted molar refractivity (Wildman–Crippen MR) is 56.0 cm³/mol. The number of aromatic amines is 1. The van der Waals surface area contributed by atoms with Crippen LogP contribution in [0.4, 0.5) is 8.78 Å². The average Bonchev–Trinajstić information content (AvgIpc) is 2.26. The molecule has 0 spiro atoms. The maximum absolute atomic E-state index is 12.4. The van der Waals surface area contributed by atoms with E-state index in [-0.39, 0.29) is 16.6 Å². The summed E-state index contributed by atoms with van der Waals surface area (Å²) in [5.74, 6) is -0.850. The Morgan fingerprint density at radius 1 is 1.62 bits per heavy atom. The van der Waals surface area contributed by atoms with Gasteiger partial charge in [0.25, 0.3) is 6.43 Å². The molecule has 0 radical (unpaired) electrons. The first-order chi connectivity index (χ1) is 7.51. The molecule has 0 aliphatic rings. The lowest BCUT2D eigenvalue weighted by Gasteiger charge is -2.07. The van der Waals surface area contributed by atoms with Crippen molar-refractivity contribution >= 4 is 21.9 Å². The molecule has 0 atom stereocenters. The number of methoxy groups -OCH3 is 1. The first kappa shape index (κ1) is 12.8. The number of pyridine rings is 1. The summed E-state index contributed by atoms with van der Waals surface area (Å²) in [5.41, 5.74) is -1.49. The molecule has 0 bridgehead atoms. The van der Waals surface area contributed by atoms with Crippen molar-refractivity contribution < 1.29 is 18.3 Å². The molecule has 4 nitrogen and oxygen atoms in total. The van der Waals surface area contributed by atoms with Gasteiger partial charge in [0.15, 0.2) is 5.43 Å². The highest BCUT2D eigenvalue weighted by Gasteiger charge is 2.19. The second kappa shape index (κ2) is 5.20. The number of nitrogens with one attached hydrogen (secondary N) is 1. The smallest absolute Gasteiger partial charge is 0.343 e. The number of H-pyrrole nitrogens is 1. The summed E-state index contributed by atoms with van der Waals surface area (Å²) >= 11 is 3.00. The number of hydrogen-bond acceptors (Lipinski definition) is 3. The van der Waals surface area contributed by atoms with Crippen molar-refractivity contribution in [1.82, 2.24) is 4.98 Å². The van der Waals surface area contributed by atoms with Crippen LogP contribution in [-0.2, 0) is 10.1 Å². The lowest BCUT2D eigenvalue weighted by molar-refractivity contribution is 0.0597. The molecule has 0 saturated heterocycles. The van der Waals surface area contributed by atoms with E-state index in [9.17, 15) is 18.4 Å². The van der Waals surface area contributed by atoms with Gasteiger partial charge in [0.05, 0.1) is 12.8 Å². The maximum Gasteiger partial charge on any atom is 0.343 e. The third-order valence-corrected chi connectivity index (χ3v) is 2.45. The van der Waals surface area contributed by atoms with Gasteiger partial charge >= 0.3 is 5.97 Å². The maximum atomic E-state index is 12.4. The van der Waals surface area contributed by atoms with E-state index in [1.807, 2.05) is 0 Å². The molecular formula is C9H8BrF2NO3. The summed E-state index contributed by atoms with van der Waals surface area (Å²) in [4.78, 5) is 25.0. The molecule has 0 aliphatic heterocycles. The summed E-state index contributed by atoms with van der Waals surface area (Å²) in [6, 6.07) is 0.697. The Labute approximate surface area is 97.7 Å². The SMILES string of the molecule is COC(=O)c1c(CBr)[nH]c(C(F)F)cc1=O. The molecule has 1 N–H and O–H groups in total. The van der Waals surface area contributed by atoms with E-state index in [1.54, 1.807) is 0 Å². The minimum atomic E-state index is -2.79. The van der Waals surface area contributed by atoms with Crippen LogP contribution in [0, 0.1) is 0 Å². The number of halogens is 3. The van der Waals surface area contributed by atoms with Gasteiger partial charge in [-0.3, -0.25) is 4.79 Å². The number of aromatic nitrogens is 1. The van der Waals surface area contributed by atoms with Crippen LogP contribution in [0.5, 0.6) is 0 Å². The third kappa shape index (κ3) is 2.46. The monoisotopic (exact) mass is 295 g/mol. The quantitative estimate of drug-likeness (QED) is 0.685. The number of esters is 1. The summed E-state index contributed by atoms with van der Waals surface area (Å²) in [6.07, 6.45) is -2.79. The van der Waals surface area contributed by atoms with Crippen LogP contribution in [0.3, 0.4) is 0 Å². The van der Waals surface area contributed by atoms with Gasteiger partial charge in [-0.25, -0.2) is 13.6 Å². The van der Waals surface area contributed by atoms with Crippen molar-refractivity contribution in [3.63, 3.8) is 0 Å². The number of alkyl halides is 3. The molecule has 1 aromatic rings. The molecule has 0 amide bonds. The molecule has 7 heteroatoms. The van der Waals surface area contributed by atoms with Crippen LogP contribution >= 0.6 is 15.9 Å². The van der Waals surface area contributed by atoms with Crippen LogP contribution in [0.2, 0.25) is 0 Å². The normalized spacial score (nSPS) is 10.6. The first-order valence-corrected chi connectivity index (χ1v) is 5.32. The Morgan fingerprint density at radius 2 is 2.25 bits per heavy atom. The van der Waals surface area contributed by atoms with E-state index in [0.717, 1.165) is 7.11 Å². The largest absolute Gasteiger partial charge is 0.465 e. The topological polar surface area (TPSA) is 59.2 Å². The van der Waals surface area contributed by atoms with Crippen molar-refractivity contribution in [2.24, 2.45) is 0 Å². The highest BCUT2D eigenvalue weighted by molar-refractivity contribution is 9.08. The second-order valence-corrected chi connectivity index (χ2v) is 3.43. The van der Waals surface area contributed by atoms with E-state index in [4.69, 9.17) is 0 Å². The standard InChI is InChI=1S/C9H8BrF2NO3/c1-16-9(15)7-5(3-10)13-4(8(11)12)2-6(7)14/h2,8H,3H2,1H3,(H,13,14). The molecule has 1 heterocycles. The Morgan fingerprint density at radius 3 is 2.69 bits per heavy atom. The van der Waals surface area contributed by atoms with E-state index in [2.05, 4.69) is 25.7 Å². The minimum absolute atomic E-state index is 0.0766. The Bertz CT molecular complexity index is 459. The fraction of sp³-hybridized carbons (Fsp3) is 0.333. The number of carbonyl (C=O) groups excluding carboxylic acids is 1. The van der Waals surface area contributed by atoms with Crippen LogP contribution in [-0.4, -0.2) is 18.1 Å². The Kier molecular flexibility index (Phi) is 4.17. The van der Waals surface area contributed by atoms with E-state index >= 15 is 0 Å². The van der Waals surface area contributed by atoms with Crippen LogP contribution < -0.4 is 5.43 Å².